The van der Waals surface area contributed by atoms with Gasteiger partial charge in [0.1, 0.15) is 0 Å². The summed E-state index contributed by atoms with van der Waals surface area (Å²) in [5.41, 5.74) is 1.79. The topological polar surface area (TPSA) is 29.1 Å². The third-order valence-electron chi connectivity index (χ3n) is 3.30. The molecule has 17 heavy (non-hydrogen) atoms. The molecular weight excluding hydrogens is 210 g/mol. The minimum absolute atomic E-state index is 0.00104. The Morgan fingerprint density at radius 2 is 1.76 bits per heavy atom. The Morgan fingerprint density at radius 1 is 1.29 bits per heavy atom. The summed E-state index contributed by atoms with van der Waals surface area (Å²) in [6.45, 7) is 16.3. The number of amides is 1. The van der Waals surface area contributed by atoms with Crippen molar-refractivity contribution >= 4 is 5.91 Å². The molecule has 0 rings (SSSR count). The first-order valence-electron chi connectivity index (χ1n) is 6.42. The van der Waals surface area contributed by atoms with E-state index in [1.54, 1.807) is 6.08 Å². The first-order chi connectivity index (χ1) is 7.77. The maximum atomic E-state index is 12.2. The van der Waals surface area contributed by atoms with Crippen molar-refractivity contribution in [3.63, 3.8) is 0 Å². The molecule has 0 saturated heterocycles. The van der Waals surface area contributed by atoms with Gasteiger partial charge in [-0.15, -0.1) is 0 Å². The van der Waals surface area contributed by atoms with Crippen molar-refractivity contribution in [3.8, 4) is 0 Å². The van der Waals surface area contributed by atoms with Gasteiger partial charge in [0.15, 0.2) is 0 Å². The average Bonchev–Trinajstić information content (AvgIpc) is 2.25. The van der Waals surface area contributed by atoms with Crippen molar-refractivity contribution in [2.75, 3.05) is 0 Å². The zero-order chi connectivity index (χ0) is 13.6. The third kappa shape index (κ3) is 4.76. The monoisotopic (exact) mass is 237 g/mol. The van der Waals surface area contributed by atoms with E-state index in [0.717, 1.165) is 18.4 Å². The van der Waals surface area contributed by atoms with Gasteiger partial charge < -0.3 is 5.32 Å². The molecule has 0 saturated carbocycles. The molecule has 1 N–H and O–H groups in total. The lowest BCUT2D eigenvalue weighted by atomic mass is 9.84. The molecule has 0 heterocycles. The smallest absolute Gasteiger partial charge is 0.251 e. The van der Waals surface area contributed by atoms with Gasteiger partial charge in [0, 0.05) is 11.6 Å². The Balaban J connectivity index is 5.03. The SMILES string of the molecule is C=C/C(C(=O)NC(CC)CC)=C(/C)C(C)(C)C. The van der Waals surface area contributed by atoms with Crippen LogP contribution in [0.1, 0.15) is 54.4 Å². The summed E-state index contributed by atoms with van der Waals surface area (Å²) < 4.78 is 0. The summed E-state index contributed by atoms with van der Waals surface area (Å²) in [6.07, 6.45) is 3.58. The maximum absolute atomic E-state index is 12.2. The fourth-order valence-electron chi connectivity index (χ4n) is 1.58. The number of carbonyl (C=O) groups is 1. The summed E-state index contributed by atoms with van der Waals surface area (Å²) in [5, 5.41) is 3.05. The second-order valence-electron chi connectivity index (χ2n) is 5.48. The summed E-state index contributed by atoms with van der Waals surface area (Å²) >= 11 is 0. The molecule has 0 fully saturated rings. The highest BCUT2D eigenvalue weighted by Gasteiger charge is 2.20. The van der Waals surface area contributed by atoms with E-state index in [1.807, 2.05) is 6.92 Å². The van der Waals surface area contributed by atoms with E-state index in [4.69, 9.17) is 0 Å². The molecule has 2 heteroatoms. The average molecular weight is 237 g/mol. The van der Waals surface area contributed by atoms with E-state index < -0.39 is 0 Å². The van der Waals surface area contributed by atoms with Crippen LogP contribution in [-0.4, -0.2) is 11.9 Å². The lowest BCUT2D eigenvalue weighted by Gasteiger charge is -2.23. The van der Waals surface area contributed by atoms with E-state index in [1.165, 1.54) is 0 Å². The second-order valence-corrected chi connectivity index (χ2v) is 5.48. The first kappa shape index (κ1) is 16.0. The summed E-state index contributed by atoms with van der Waals surface area (Å²) in [5.74, 6) is 0.00104. The van der Waals surface area contributed by atoms with E-state index in [-0.39, 0.29) is 17.4 Å². The molecule has 0 unspecified atom stereocenters. The van der Waals surface area contributed by atoms with Gasteiger partial charge >= 0.3 is 0 Å². The Kier molecular flexibility index (Phi) is 6.22. The lowest BCUT2D eigenvalue weighted by Crippen LogP contribution is -2.35. The molecule has 0 aliphatic heterocycles. The van der Waals surface area contributed by atoms with Crippen molar-refractivity contribution in [1.82, 2.24) is 5.32 Å². The molecular formula is C15H27NO. The van der Waals surface area contributed by atoms with Crippen molar-refractivity contribution < 1.29 is 4.79 Å². The van der Waals surface area contributed by atoms with Crippen molar-refractivity contribution in [1.29, 1.82) is 0 Å². The fourth-order valence-corrected chi connectivity index (χ4v) is 1.58. The van der Waals surface area contributed by atoms with Crippen LogP contribution in [0, 0.1) is 5.41 Å². The highest BCUT2D eigenvalue weighted by Crippen LogP contribution is 2.28. The zero-order valence-corrected chi connectivity index (χ0v) is 12.2. The number of hydrogen-bond donors (Lipinski definition) is 1. The third-order valence-corrected chi connectivity index (χ3v) is 3.30. The maximum Gasteiger partial charge on any atom is 0.251 e. The molecule has 0 aromatic rings. The van der Waals surface area contributed by atoms with Crippen molar-refractivity contribution in [2.45, 2.75) is 60.4 Å². The Morgan fingerprint density at radius 3 is 2.06 bits per heavy atom. The van der Waals surface area contributed by atoms with Crippen LogP contribution in [0.15, 0.2) is 23.8 Å². The molecule has 0 aliphatic rings. The second kappa shape index (κ2) is 6.63. The molecule has 0 radical (unpaired) electrons. The Labute approximate surface area is 106 Å². The number of allylic oxidation sites excluding steroid dienone is 1. The van der Waals surface area contributed by atoms with Gasteiger partial charge in [-0.3, -0.25) is 4.79 Å². The summed E-state index contributed by atoms with van der Waals surface area (Å²) in [6, 6.07) is 0.255. The fraction of sp³-hybridized carbons (Fsp3) is 0.667. The van der Waals surface area contributed by atoms with Crippen LogP contribution in [0.3, 0.4) is 0 Å². The molecule has 0 spiro atoms. The Hall–Kier alpha value is -1.05. The van der Waals surface area contributed by atoms with Crippen LogP contribution >= 0.6 is 0 Å². The van der Waals surface area contributed by atoms with Gasteiger partial charge in [-0.25, -0.2) is 0 Å². The van der Waals surface area contributed by atoms with Gasteiger partial charge in [0.05, 0.1) is 0 Å². The molecule has 1 amide bonds. The Bertz CT molecular complexity index is 303. The highest BCUT2D eigenvalue weighted by molar-refractivity contribution is 5.97. The van der Waals surface area contributed by atoms with Crippen LogP contribution in [-0.2, 0) is 4.79 Å². The minimum Gasteiger partial charge on any atom is -0.349 e. The number of rotatable bonds is 5. The van der Waals surface area contributed by atoms with E-state index in [0.29, 0.717) is 5.57 Å². The molecule has 0 atom stereocenters. The van der Waals surface area contributed by atoms with E-state index in [2.05, 4.69) is 46.5 Å². The van der Waals surface area contributed by atoms with E-state index >= 15 is 0 Å². The highest BCUT2D eigenvalue weighted by atomic mass is 16.1. The normalized spacial score (nSPS) is 13.4. The van der Waals surface area contributed by atoms with Crippen LogP contribution < -0.4 is 5.32 Å². The quantitative estimate of drug-likeness (QED) is 0.571. The number of nitrogens with one attached hydrogen (secondary N) is 1. The van der Waals surface area contributed by atoms with Crippen molar-refractivity contribution in [3.05, 3.63) is 23.8 Å². The van der Waals surface area contributed by atoms with Gasteiger partial charge in [-0.1, -0.05) is 52.8 Å². The molecule has 0 aliphatic carbocycles. The van der Waals surface area contributed by atoms with Gasteiger partial charge in [0.2, 0.25) is 0 Å². The van der Waals surface area contributed by atoms with Crippen LogP contribution in [0.2, 0.25) is 0 Å². The predicted molar refractivity (Wildman–Crippen MR) is 74.9 cm³/mol. The molecule has 0 bridgehead atoms. The van der Waals surface area contributed by atoms with Gasteiger partial charge in [-0.05, 0) is 25.2 Å². The predicted octanol–water partition coefficient (Wildman–Crippen LogP) is 3.84. The number of carbonyl (C=O) groups excluding carboxylic acids is 1. The van der Waals surface area contributed by atoms with Crippen LogP contribution in [0.5, 0.6) is 0 Å². The lowest BCUT2D eigenvalue weighted by molar-refractivity contribution is -0.118. The molecule has 98 valence electrons. The molecule has 2 nitrogen and oxygen atoms in total. The van der Waals surface area contributed by atoms with Gasteiger partial charge in [0.25, 0.3) is 5.91 Å². The molecule has 0 aromatic heterocycles. The molecule has 0 aromatic carbocycles. The standard InChI is InChI=1S/C15H27NO/c1-8-12(9-2)16-14(17)13(10-3)11(4)15(5,6)7/h10,12H,3,8-9H2,1-2,4-7H3,(H,16,17)/b13-11+. The van der Waals surface area contributed by atoms with Crippen LogP contribution in [0.25, 0.3) is 0 Å². The largest absolute Gasteiger partial charge is 0.349 e. The minimum atomic E-state index is -0.00517. The van der Waals surface area contributed by atoms with E-state index in [9.17, 15) is 4.79 Å². The summed E-state index contributed by atoms with van der Waals surface area (Å²) in [4.78, 5) is 12.2. The van der Waals surface area contributed by atoms with Crippen LogP contribution in [0.4, 0.5) is 0 Å². The first-order valence-corrected chi connectivity index (χ1v) is 6.42. The van der Waals surface area contributed by atoms with Gasteiger partial charge in [-0.2, -0.15) is 0 Å². The van der Waals surface area contributed by atoms with Crippen molar-refractivity contribution in [2.24, 2.45) is 5.41 Å². The summed E-state index contributed by atoms with van der Waals surface area (Å²) in [7, 11) is 0. The number of hydrogen-bond acceptors (Lipinski definition) is 1. The zero-order valence-electron chi connectivity index (χ0n) is 12.2.